The Morgan fingerprint density at radius 1 is 0.517 bits per heavy atom. The van der Waals surface area contributed by atoms with Crippen molar-refractivity contribution in [2.45, 2.75) is 128 Å². The van der Waals surface area contributed by atoms with E-state index < -0.39 is 11.9 Å². The van der Waals surface area contributed by atoms with E-state index in [0.29, 0.717) is 6.61 Å². The van der Waals surface area contributed by atoms with Crippen LogP contribution in [0.5, 0.6) is 0 Å². The zero-order valence-electron chi connectivity index (χ0n) is 18.6. The number of aliphatic carboxylic acids is 2. The van der Waals surface area contributed by atoms with Crippen molar-refractivity contribution < 1.29 is 24.9 Å². The van der Waals surface area contributed by atoms with Crippen molar-refractivity contribution in [1.82, 2.24) is 0 Å². The summed E-state index contributed by atoms with van der Waals surface area (Å²) in [7, 11) is 0. The number of aliphatic hydroxyl groups excluding tert-OH is 1. The largest absolute Gasteiger partial charge is 0.481 e. The summed E-state index contributed by atoms with van der Waals surface area (Å²) in [6.45, 7) is 0.306. The highest BCUT2D eigenvalue weighted by atomic mass is 16.4. The second kappa shape index (κ2) is 21.6. The van der Waals surface area contributed by atoms with Gasteiger partial charge in [-0.2, -0.15) is 0 Å². The summed E-state index contributed by atoms with van der Waals surface area (Å²) in [5.41, 5.74) is 0. The molecule has 1 atom stereocenters. The summed E-state index contributed by atoms with van der Waals surface area (Å²) < 4.78 is 0. The van der Waals surface area contributed by atoms with E-state index in [2.05, 4.69) is 0 Å². The monoisotopic (exact) mass is 414 g/mol. The van der Waals surface area contributed by atoms with Crippen molar-refractivity contribution in [3.63, 3.8) is 0 Å². The third kappa shape index (κ3) is 21.4. The molecule has 0 aliphatic heterocycles. The molecule has 0 fully saturated rings. The molecule has 172 valence electrons. The number of rotatable bonds is 23. The first-order chi connectivity index (χ1) is 14.1. The quantitative estimate of drug-likeness (QED) is 0.164. The molecule has 3 N–H and O–H groups in total. The van der Waals surface area contributed by atoms with E-state index in [4.69, 9.17) is 10.2 Å². The van der Waals surface area contributed by atoms with Crippen LogP contribution in [0.1, 0.15) is 128 Å². The Kier molecular flexibility index (Phi) is 20.8. The number of hydrogen-bond acceptors (Lipinski definition) is 3. The molecule has 1 unspecified atom stereocenters. The molecular formula is C24H46O5. The molecule has 0 aliphatic rings. The predicted molar refractivity (Wildman–Crippen MR) is 118 cm³/mol. The minimum atomic E-state index is -0.705. The number of carboxylic acids is 2. The summed E-state index contributed by atoms with van der Waals surface area (Å²) in [6, 6.07) is 0. The van der Waals surface area contributed by atoms with E-state index in [0.717, 1.165) is 83.5 Å². The first kappa shape index (κ1) is 27.9. The lowest BCUT2D eigenvalue weighted by Crippen LogP contribution is -2.13. The van der Waals surface area contributed by atoms with Crippen molar-refractivity contribution in [3.05, 3.63) is 0 Å². The maximum Gasteiger partial charge on any atom is 0.306 e. The van der Waals surface area contributed by atoms with Gasteiger partial charge < -0.3 is 15.3 Å². The molecule has 0 radical (unpaired) electrons. The van der Waals surface area contributed by atoms with Crippen LogP contribution >= 0.6 is 0 Å². The fraction of sp³-hybridized carbons (Fsp3) is 0.917. The number of carbonyl (C=O) groups is 2. The zero-order valence-corrected chi connectivity index (χ0v) is 18.6. The van der Waals surface area contributed by atoms with Crippen molar-refractivity contribution in [3.8, 4) is 0 Å². The predicted octanol–water partition coefficient (Wildman–Crippen LogP) is 6.57. The van der Waals surface area contributed by atoms with Gasteiger partial charge >= 0.3 is 11.9 Å². The van der Waals surface area contributed by atoms with Gasteiger partial charge in [-0.3, -0.25) is 9.59 Å². The zero-order chi connectivity index (χ0) is 21.6. The second-order valence-electron chi connectivity index (χ2n) is 8.49. The van der Waals surface area contributed by atoms with E-state index in [1.807, 2.05) is 0 Å². The van der Waals surface area contributed by atoms with E-state index >= 15 is 0 Å². The summed E-state index contributed by atoms with van der Waals surface area (Å²) >= 11 is 0. The van der Waals surface area contributed by atoms with Gasteiger partial charge in [0.05, 0.1) is 5.92 Å². The average molecular weight is 415 g/mol. The summed E-state index contributed by atoms with van der Waals surface area (Å²) in [4.78, 5) is 21.9. The van der Waals surface area contributed by atoms with Gasteiger partial charge in [0.2, 0.25) is 0 Å². The van der Waals surface area contributed by atoms with Crippen LogP contribution in [-0.4, -0.2) is 33.9 Å². The Morgan fingerprint density at radius 3 is 1.21 bits per heavy atom. The molecule has 0 aromatic rings. The summed E-state index contributed by atoms with van der Waals surface area (Å²) in [5, 5.41) is 26.7. The van der Waals surface area contributed by atoms with Gasteiger partial charge in [0.15, 0.2) is 0 Å². The molecule has 0 rings (SSSR count). The topological polar surface area (TPSA) is 94.8 Å². The van der Waals surface area contributed by atoms with Crippen LogP contribution in [0.15, 0.2) is 0 Å². The Morgan fingerprint density at radius 2 is 0.862 bits per heavy atom. The Bertz CT molecular complexity index is 383. The molecule has 0 saturated carbocycles. The normalized spacial score (nSPS) is 12.2. The van der Waals surface area contributed by atoms with E-state index in [-0.39, 0.29) is 12.3 Å². The molecule has 5 heteroatoms. The van der Waals surface area contributed by atoms with Crippen molar-refractivity contribution in [2.24, 2.45) is 5.92 Å². The molecule has 0 heterocycles. The van der Waals surface area contributed by atoms with Crippen LogP contribution in [0.2, 0.25) is 0 Å². The molecule has 29 heavy (non-hydrogen) atoms. The van der Waals surface area contributed by atoms with Crippen LogP contribution in [-0.2, 0) is 9.59 Å². The van der Waals surface area contributed by atoms with Crippen molar-refractivity contribution in [1.29, 1.82) is 0 Å². The van der Waals surface area contributed by atoms with Crippen LogP contribution in [0.3, 0.4) is 0 Å². The third-order valence-electron chi connectivity index (χ3n) is 5.75. The molecule has 5 nitrogen and oxygen atoms in total. The number of unbranched alkanes of at least 4 members (excludes halogenated alkanes) is 15. The molecular weight excluding hydrogens is 368 g/mol. The van der Waals surface area contributed by atoms with Gasteiger partial charge in [-0.15, -0.1) is 0 Å². The SMILES string of the molecule is O=C(O)CCCCCCCCCCC(CCCCCCCCCCCO)C(=O)O. The standard InChI is InChI=1S/C24H46O5/c25-21-17-13-9-5-1-2-6-10-14-18-22(24(28)29)19-15-11-7-3-4-8-12-16-20-23(26)27/h22,25H,1-21H2,(H,26,27)(H,28,29). The summed E-state index contributed by atoms with van der Waals surface area (Å²) in [5.74, 6) is -1.51. The van der Waals surface area contributed by atoms with Gasteiger partial charge in [-0.1, -0.05) is 96.3 Å². The maximum atomic E-state index is 11.4. The number of aliphatic hydroxyl groups is 1. The average Bonchev–Trinajstić information content (AvgIpc) is 2.68. The molecule has 0 spiro atoms. The molecule has 0 aliphatic carbocycles. The highest BCUT2D eigenvalue weighted by molar-refractivity contribution is 5.69. The lowest BCUT2D eigenvalue weighted by Gasteiger charge is -2.12. The van der Waals surface area contributed by atoms with Gasteiger partial charge in [-0.05, 0) is 25.7 Å². The molecule has 0 bridgehead atoms. The van der Waals surface area contributed by atoms with Gasteiger partial charge in [0.1, 0.15) is 0 Å². The number of hydrogen-bond donors (Lipinski definition) is 3. The van der Waals surface area contributed by atoms with E-state index in [1.54, 1.807) is 0 Å². The van der Waals surface area contributed by atoms with Crippen molar-refractivity contribution >= 4 is 11.9 Å². The Balaban J connectivity index is 3.47. The minimum Gasteiger partial charge on any atom is -0.481 e. The molecule has 0 aromatic heterocycles. The minimum absolute atomic E-state index is 0.176. The van der Waals surface area contributed by atoms with Crippen LogP contribution in [0.25, 0.3) is 0 Å². The fourth-order valence-electron chi connectivity index (χ4n) is 3.86. The fourth-order valence-corrected chi connectivity index (χ4v) is 3.86. The maximum absolute atomic E-state index is 11.4. The third-order valence-corrected chi connectivity index (χ3v) is 5.75. The first-order valence-corrected chi connectivity index (χ1v) is 12.1. The van der Waals surface area contributed by atoms with Crippen LogP contribution in [0.4, 0.5) is 0 Å². The van der Waals surface area contributed by atoms with Gasteiger partial charge in [0, 0.05) is 13.0 Å². The lowest BCUT2D eigenvalue weighted by molar-refractivity contribution is -0.142. The summed E-state index contributed by atoms with van der Waals surface area (Å²) in [6.07, 6.45) is 20.8. The highest BCUT2D eigenvalue weighted by Crippen LogP contribution is 2.20. The Labute approximate surface area is 178 Å². The van der Waals surface area contributed by atoms with E-state index in [9.17, 15) is 14.7 Å². The Hall–Kier alpha value is -1.10. The van der Waals surface area contributed by atoms with Crippen LogP contribution in [0, 0.1) is 5.92 Å². The molecule has 0 saturated heterocycles. The molecule has 0 aromatic carbocycles. The lowest BCUT2D eigenvalue weighted by atomic mass is 9.94. The van der Waals surface area contributed by atoms with Crippen molar-refractivity contribution in [2.75, 3.05) is 6.61 Å². The smallest absolute Gasteiger partial charge is 0.306 e. The van der Waals surface area contributed by atoms with Crippen LogP contribution < -0.4 is 0 Å². The van der Waals surface area contributed by atoms with Gasteiger partial charge in [0.25, 0.3) is 0 Å². The van der Waals surface area contributed by atoms with Gasteiger partial charge in [-0.25, -0.2) is 0 Å². The number of carboxylic acid groups (broad SMARTS) is 2. The first-order valence-electron chi connectivity index (χ1n) is 12.1. The second-order valence-corrected chi connectivity index (χ2v) is 8.49. The van der Waals surface area contributed by atoms with E-state index in [1.165, 1.54) is 38.5 Å². The highest BCUT2D eigenvalue weighted by Gasteiger charge is 2.16. The molecule has 0 amide bonds.